The van der Waals surface area contributed by atoms with E-state index in [1.54, 1.807) is 21.2 Å². The lowest BCUT2D eigenvalue weighted by Crippen LogP contribution is -2.13. The van der Waals surface area contributed by atoms with Crippen LogP contribution in [0.15, 0.2) is 53.6 Å². The molecule has 3 nitrogen and oxygen atoms in total. The van der Waals surface area contributed by atoms with Gasteiger partial charge in [-0.1, -0.05) is 12.1 Å². The second kappa shape index (κ2) is 2.48. The molecule has 0 spiro atoms. The predicted molar refractivity (Wildman–Crippen MR) is 54.6 cm³/mol. The number of pyridine rings is 2. The van der Waals surface area contributed by atoms with Gasteiger partial charge in [0.1, 0.15) is 0 Å². The highest BCUT2D eigenvalue weighted by Gasteiger charge is 2.04. The lowest BCUT2D eigenvalue weighted by atomic mass is 10.3. The summed E-state index contributed by atoms with van der Waals surface area (Å²) in [5, 5.41) is 0. The van der Waals surface area contributed by atoms with E-state index < -0.39 is 0 Å². The Hall–Kier alpha value is -2.03. The minimum absolute atomic E-state index is 0.0174. The summed E-state index contributed by atoms with van der Waals surface area (Å²) in [6.07, 6.45) is 3.56. The number of hydrogen-bond acceptors (Lipinski definition) is 1. The predicted octanol–water partition coefficient (Wildman–Crippen LogP) is 1.55. The van der Waals surface area contributed by atoms with Gasteiger partial charge >= 0.3 is 5.69 Å². The van der Waals surface area contributed by atoms with Crippen molar-refractivity contribution in [2.75, 3.05) is 0 Å². The average molecular weight is 184 g/mol. The number of nitrogens with zero attached hydrogens (tertiary/aromatic N) is 2. The van der Waals surface area contributed by atoms with Crippen LogP contribution in [0.3, 0.4) is 0 Å². The van der Waals surface area contributed by atoms with Crippen molar-refractivity contribution in [1.29, 1.82) is 0 Å². The molecule has 0 N–H and O–H groups in total. The monoisotopic (exact) mass is 184 g/mol. The van der Waals surface area contributed by atoms with E-state index in [4.69, 9.17) is 0 Å². The standard InChI is InChI=1S/C11H8N2O/c14-11-12-7-3-1-5-9(12)10-6-2-4-8-13(10)11/h1-8H. The Kier molecular flexibility index (Phi) is 1.31. The number of rotatable bonds is 0. The van der Waals surface area contributed by atoms with Gasteiger partial charge in [0.15, 0.2) is 0 Å². The average Bonchev–Trinajstić information content (AvgIpc) is 2.55. The van der Waals surface area contributed by atoms with Crippen LogP contribution in [0.25, 0.3) is 11.0 Å². The first-order chi connectivity index (χ1) is 6.88. The van der Waals surface area contributed by atoms with Crippen molar-refractivity contribution in [2.45, 2.75) is 0 Å². The third-order valence-electron chi connectivity index (χ3n) is 2.39. The number of imidazole rings is 1. The SMILES string of the molecule is O=c1n2ccccc2c2ccccn12. The quantitative estimate of drug-likeness (QED) is 0.520. The largest absolute Gasteiger partial charge is 0.337 e. The molecule has 0 aliphatic carbocycles. The van der Waals surface area contributed by atoms with Crippen LogP contribution in [0, 0.1) is 0 Å². The van der Waals surface area contributed by atoms with Crippen molar-refractivity contribution in [1.82, 2.24) is 8.80 Å². The Morgan fingerprint density at radius 2 is 1.29 bits per heavy atom. The fourth-order valence-electron chi connectivity index (χ4n) is 1.75. The van der Waals surface area contributed by atoms with Crippen molar-refractivity contribution in [2.24, 2.45) is 0 Å². The van der Waals surface area contributed by atoms with E-state index in [-0.39, 0.29) is 5.69 Å². The zero-order chi connectivity index (χ0) is 9.54. The smallest absolute Gasteiger partial charge is 0.267 e. The Morgan fingerprint density at radius 3 is 1.79 bits per heavy atom. The van der Waals surface area contributed by atoms with E-state index in [0.717, 1.165) is 11.0 Å². The van der Waals surface area contributed by atoms with Gasteiger partial charge in [0.25, 0.3) is 0 Å². The molecule has 0 aliphatic heterocycles. The van der Waals surface area contributed by atoms with Crippen LogP contribution in [0.2, 0.25) is 0 Å². The molecule has 0 bridgehead atoms. The van der Waals surface area contributed by atoms with Crippen molar-refractivity contribution in [3.8, 4) is 0 Å². The summed E-state index contributed by atoms with van der Waals surface area (Å²) in [6.45, 7) is 0. The maximum Gasteiger partial charge on any atom is 0.337 e. The minimum Gasteiger partial charge on any atom is -0.267 e. The molecule has 0 aromatic carbocycles. The van der Waals surface area contributed by atoms with Gasteiger partial charge in [-0.05, 0) is 24.3 Å². The normalized spacial score (nSPS) is 11.1. The number of fused-ring (bicyclic) bond motifs is 3. The van der Waals surface area contributed by atoms with Crippen LogP contribution in [0.4, 0.5) is 0 Å². The van der Waals surface area contributed by atoms with Gasteiger partial charge in [0, 0.05) is 12.4 Å². The second-order valence-corrected chi connectivity index (χ2v) is 3.19. The second-order valence-electron chi connectivity index (χ2n) is 3.19. The van der Waals surface area contributed by atoms with Crippen molar-refractivity contribution in [3.63, 3.8) is 0 Å². The zero-order valence-electron chi connectivity index (χ0n) is 7.42. The number of hydrogen-bond donors (Lipinski definition) is 0. The molecule has 68 valence electrons. The molecule has 3 heterocycles. The Bertz CT molecular complexity index is 607. The Morgan fingerprint density at radius 1 is 0.786 bits per heavy atom. The Labute approximate surface area is 79.8 Å². The molecule has 0 unspecified atom stereocenters. The zero-order valence-corrected chi connectivity index (χ0v) is 7.42. The molecule has 3 aromatic heterocycles. The maximum absolute atomic E-state index is 11.8. The minimum atomic E-state index is -0.0174. The van der Waals surface area contributed by atoms with E-state index in [2.05, 4.69) is 0 Å². The molecule has 0 saturated heterocycles. The molecule has 3 heteroatoms. The highest BCUT2D eigenvalue weighted by molar-refractivity contribution is 5.75. The van der Waals surface area contributed by atoms with Gasteiger partial charge in [0.05, 0.1) is 11.0 Å². The lowest BCUT2D eigenvalue weighted by Gasteiger charge is -1.89. The third kappa shape index (κ3) is 0.785. The molecule has 0 fully saturated rings. The van der Waals surface area contributed by atoms with Gasteiger partial charge in [0.2, 0.25) is 0 Å². The molecule has 3 aromatic rings. The molecule has 0 atom stereocenters. The molecular formula is C11H8N2O. The molecule has 3 rings (SSSR count). The molecular weight excluding hydrogens is 176 g/mol. The topological polar surface area (TPSA) is 25.9 Å². The Balaban J connectivity index is 2.76. The fraction of sp³-hybridized carbons (Fsp3) is 0. The summed E-state index contributed by atoms with van der Waals surface area (Å²) in [5.41, 5.74) is 1.87. The van der Waals surface area contributed by atoms with Crippen LogP contribution < -0.4 is 5.69 Å². The lowest BCUT2D eigenvalue weighted by molar-refractivity contribution is 0.994. The molecule has 0 saturated carbocycles. The van der Waals surface area contributed by atoms with Crippen molar-refractivity contribution >= 4 is 11.0 Å². The summed E-state index contributed by atoms with van der Waals surface area (Å²) in [4.78, 5) is 11.8. The highest BCUT2D eigenvalue weighted by atomic mass is 16.1. The summed E-state index contributed by atoms with van der Waals surface area (Å²) >= 11 is 0. The molecule has 14 heavy (non-hydrogen) atoms. The van der Waals surface area contributed by atoms with Crippen molar-refractivity contribution < 1.29 is 0 Å². The fourth-order valence-corrected chi connectivity index (χ4v) is 1.75. The van der Waals surface area contributed by atoms with Gasteiger partial charge in [-0.15, -0.1) is 0 Å². The summed E-state index contributed by atoms with van der Waals surface area (Å²) in [6, 6.07) is 11.5. The van der Waals surface area contributed by atoms with E-state index in [1.165, 1.54) is 0 Å². The maximum atomic E-state index is 11.8. The van der Waals surface area contributed by atoms with Gasteiger partial charge in [-0.25, -0.2) is 4.79 Å². The van der Waals surface area contributed by atoms with E-state index in [9.17, 15) is 4.79 Å². The number of aromatic nitrogens is 2. The van der Waals surface area contributed by atoms with E-state index in [0.29, 0.717) is 0 Å². The summed E-state index contributed by atoms with van der Waals surface area (Å²) < 4.78 is 3.30. The third-order valence-corrected chi connectivity index (χ3v) is 2.39. The van der Waals surface area contributed by atoms with Gasteiger partial charge in [-0.3, -0.25) is 8.80 Å². The van der Waals surface area contributed by atoms with Crippen LogP contribution in [0.5, 0.6) is 0 Å². The first-order valence-electron chi connectivity index (χ1n) is 4.44. The van der Waals surface area contributed by atoms with Gasteiger partial charge in [-0.2, -0.15) is 0 Å². The van der Waals surface area contributed by atoms with Gasteiger partial charge < -0.3 is 0 Å². The van der Waals surface area contributed by atoms with Crippen LogP contribution in [0.1, 0.15) is 0 Å². The van der Waals surface area contributed by atoms with E-state index >= 15 is 0 Å². The van der Waals surface area contributed by atoms with Crippen LogP contribution in [-0.4, -0.2) is 8.80 Å². The molecule has 0 radical (unpaired) electrons. The molecule has 0 aliphatic rings. The van der Waals surface area contributed by atoms with E-state index in [1.807, 2.05) is 36.4 Å². The first kappa shape index (κ1) is 7.38. The molecule has 0 amide bonds. The summed E-state index contributed by atoms with van der Waals surface area (Å²) in [7, 11) is 0. The highest BCUT2D eigenvalue weighted by Crippen LogP contribution is 2.09. The first-order valence-corrected chi connectivity index (χ1v) is 4.44. The van der Waals surface area contributed by atoms with Crippen molar-refractivity contribution in [3.05, 3.63) is 59.3 Å². The van der Waals surface area contributed by atoms with Crippen LogP contribution in [-0.2, 0) is 0 Å². The van der Waals surface area contributed by atoms with Crippen LogP contribution >= 0.6 is 0 Å². The summed E-state index contributed by atoms with van der Waals surface area (Å²) in [5.74, 6) is 0.